The van der Waals surface area contributed by atoms with Crippen LogP contribution in [0, 0.1) is 0 Å². The molecule has 2 rings (SSSR count). The van der Waals surface area contributed by atoms with Crippen LogP contribution >= 0.6 is 0 Å². The molecule has 84 valence electrons. The molecule has 0 amide bonds. The lowest BCUT2D eigenvalue weighted by molar-refractivity contribution is -0.147. The average molecular weight is 222 g/mol. The van der Waals surface area contributed by atoms with Gasteiger partial charge in [0.15, 0.2) is 12.2 Å². The maximum Gasteiger partial charge on any atom is 0.339 e. The zero-order chi connectivity index (χ0) is 11.5. The number of carboxylic acid groups (broad SMARTS) is 1. The molecule has 0 unspecified atom stereocenters. The van der Waals surface area contributed by atoms with Crippen molar-refractivity contribution < 1.29 is 24.2 Å². The Hall–Kier alpha value is -1.88. The molecule has 1 fully saturated rings. The smallest absolute Gasteiger partial charge is 0.339 e. The largest absolute Gasteiger partial charge is 0.479 e. The Morgan fingerprint density at radius 1 is 1.25 bits per heavy atom. The third kappa shape index (κ3) is 2.38. The van der Waals surface area contributed by atoms with E-state index in [0.717, 1.165) is 5.56 Å². The molecule has 5 heteroatoms. The number of carboxylic acids is 1. The molecule has 0 aliphatic carbocycles. The van der Waals surface area contributed by atoms with E-state index < -0.39 is 24.1 Å². The molecule has 0 radical (unpaired) electrons. The lowest BCUT2D eigenvalue weighted by Gasteiger charge is -2.02. The van der Waals surface area contributed by atoms with Gasteiger partial charge in [-0.3, -0.25) is 0 Å². The van der Waals surface area contributed by atoms with Crippen LogP contribution in [0.15, 0.2) is 30.3 Å². The number of aliphatic carboxylic acids is 1. The second-order valence-electron chi connectivity index (χ2n) is 3.41. The summed E-state index contributed by atoms with van der Waals surface area (Å²) in [6.07, 6.45) is -1.98. The molecular formula is C11H10O5. The molecule has 16 heavy (non-hydrogen) atoms. The van der Waals surface area contributed by atoms with E-state index >= 15 is 0 Å². The van der Waals surface area contributed by atoms with Crippen LogP contribution < -0.4 is 0 Å². The minimum absolute atomic E-state index is 0.131. The standard InChI is InChI=1S/C11H10O5/c12-10(13)8-9(16-8)11(14)15-6-7-4-2-1-3-5-7/h1-5,8-9H,6H2,(H,12,13)/t8-,9-/m0/s1. The van der Waals surface area contributed by atoms with Crippen molar-refractivity contribution in [3.8, 4) is 0 Å². The van der Waals surface area contributed by atoms with Gasteiger partial charge in [0, 0.05) is 0 Å². The molecule has 1 aromatic carbocycles. The summed E-state index contributed by atoms with van der Waals surface area (Å²) in [6.45, 7) is 0.131. The van der Waals surface area contributed by atoms with Gasteiger partial charge in [-0.25, -0.2) is 9.59 Å². The first-order valence-corrected chi connectivity index (χ1v) is 4.77. The molecule has 5 nitrogen and oxygen atoms in total. The lowest BCUT2D eigenvalue weighted by atomic mass is 10.2. The molecule has 1 aromatic rings. The molecule has 1 aliphatic rings. The van der Waals surface area contributed by atoms with Crippen molar-refractivity contribution in [1.82, 2.24) is 0 Å². The average Bonchev–Trinajstić information content (AvgIpc) is 3.07. The van der Waals surface area contributed by atoms with E-state index in [-0.39, 0.29) is 6.61 Å². The van der Waals surface area contributed by atoms with Crippen LogP contribution in [0.25, 0.3) is 0 Å². The van der Waals surface area contributed by atoms with Crippen LogP contribution in [0.3, 0.4) is 0 Å². The highest BCUT2D eigenvalue weighted by Gasteiger charge is 2.51. The number of epoxide rings is 1. The van der Waals surface area contributed by atoms with Gasteiger partial charge in [0.2, 0.25) is 0 Å². The first-order valence-electron chi connectivity index (χ1n) is 4.77. The van der Waals surface area contributed by atoms with Crippen LogP contribution in [-0.2, 0) is 25.7 Å². The Balaban J connectivity index is 1.80. The lowest BCUT2D eigenvalue weighted by Crippen LogP contribution is -2.18. The third-order valence-corrected chi connectivity index (χ3v) is 2.19. The molecule has 1 N–H and O–H groups in total. The highest BCUT2D eigenvalue weighted by Crippen LogP contribution is 2.23. The SMILES string of the molecule is O=C(O)[C@H]1O[C@@H]1C(=O)OCc1ccccc1. The van der Waals surface area contributed by atoms with Gasteiger partial charge in [-0.2, -0.15) is 0 Å². The van der Waals surface area contributed by atoms with Crippen molar-refractivity contribution >= 4 is 11.9 Å². The van der Waals surface area contributed by atoms with Gasteiger partial charge < -0.3 is 14.6 Å². The highest BCUT2D eigenvalue weighted by molar-refractivity contribution is 5.88. The van der Waals surface area contributed by atoms with Crippen molar-refractivity contribution in [3.05, 3.63) is 35.9 Å². The summed E-state index contributed by atoms with van der Waals surface area (Å²) in [4.78, 5) is 21.7. The number of ether oxygens (including phenoxy) is 2. The van der Waals surface area contributed by atoms with Crippen molar-refractivity contribution in [2.75, 3.05) is 0 Å². The number of benzene rings is 1. The monoisotopic (exact) mass is 222 g/mol. The van der Waals surface area contributed by atoms with E-state index in [4.69, 9.17) is 9.84 Å². The second kappa shape index (κ2) is 4.32. The molecule has 0 bridgehead atoms. The van der Waals surface area contributed by atoms with Crippen LogP contribution in [0.4, 0.5) is 0 Å². The normalized spacial score (nSPS) is 22.5. The van der Waals surface area contributed by atoms with E-state index in [9.17, 15) is 9.59 Å². The first kappa shape index (κ1) is 10.6. The van der Waals surface area contributed by atoms with E-state index in [2.05, 4.69) is 4.74 Å². The minimum Gasteiger partial charge on any atom is -0.479 e. The van der Waals surface area contributed by atoms with Crippen molar-refractivity contribution in [1.29, 1.82) is 0 Å². The van der Waals surface area contributed by atoms with Crippen LogP contribution in [0.5, 0.6) is 0 Å². The Bertz CT molecular complexity index is 400. The summed E-state index contributed by atoms with van der Waals surface area (Å²) in [5, 5.41) is 8.53. The van der Waals surface area contributed by atoms with Crippen LogP contribution in [-0.4, -0.2) is 29.3 Å². The number of hydrogen-bond donors (Lipinski definition) is 1. The molecule has 0 aromatic heterocycles. The van der Waals surface area contributed by atoms with Gasteiger partial charge >= 0.3 is 11.9 Å². The topological polar surface area (TPSA) is 76.1 Å². The minimum atomic E-state index is -1.14. The number of hydrogen-bond acceptors (Lipinski definition) is 4. The fourth-order valence-corrected chi connectivity index (χ4v) is 1.29. The number of carbonyl (C=O) groups is 2. The number of esters is 1. The quantitative estimate of drug-likeness (QED) is 0.595. The van der Waals surface area contributed by atoms with Gasteiger partial charge in [-0.05, 0) is 5.56 Å². The number of rotatable bonds is 4. The second-order valence-corrected chi connectivity index (χ2v) is 3.41. The van der Waals surface area contributed by atoms with E-state index in [1.807, 2.05) is 30.3 Å². The molecule has 1 aliphatic heterocycles. The molecular weight excluding hydrogens is 212 g/mol. The Labute approximate surface area is 91.6 Å². The Kier molecular flexibility index (Phi) is 2.87. The van der Waals surface area contributed by atoms with Gasteiger partial charge in [0.1, 0.15) is 6.61 Å². The maximum absolute atomic E-state index is 11.3. The van der Waals surface area contributed by atoms with Gasteiger partial charge in [0.25, 0.3) is 0 Å². The molecule has 0 saturated carbocycles. The zero-order valence-electron chi connectivity index (χ0n) is 8.33. The summed E-state index contributed by atoms with van der Waals surface area (Å²) in [5.74, 6) is -1.77. The predicted octanol–water partition coefficient (Wildman–Crippen LogP) is 0.582. The number of carbonyl (C=O) groups excluding carboxylic acids is 1. The fourth-order valence-electron chi connectivity index (χ4n) is 1.29. The molecule has 2 atom stereocenters. The Morgan fingerprint density at radius 3 is 2.50 bits per heavy atom. The van der Waals surface area contributed by atoms with Gasteiger partial charge in [0.05, 0.1) is 0 Å². The van der Waals surface area contributed by atoms with E-state index in [1.54, 1.807) is 0 Å². The predicted molar refractivity (Wildman–Crippen MR) is 52.5 cm³/mol. The molecule has 1 saturated heterocycles. The van der Waals surface area contributed by atoms with Gasteiger partial charge in [-0.15, -0.1) is 0 Å². The summed E-state index contributed by atoms with van der Waals surface area (Å²) in [7, 11) is 0. The van der Waals surface area contributed by atoms with Crippen LogP contribution in [0.1, 0.15) is 5.56 Å². The maximum atomic E-state index is 11.3. The van der Waals surface area contributed by atoms with Crippen LogP contribution in [0.2, 0.25) is 0 Å². The van der Waals surface area contributed by atoms with Crippen molar-refractivity contribution in [2.45, 2.75) is 18.8 Å². The van der Waals surface area contributed by atoms with Gasteiger partial charge in [-0.1, -0.05) is 30.3 Å². The van der Waals surface area contributed by atoms with Crippen molar-refractivity contribution in [3.63, 3.8) is 0 Å². The fraction of sp³-hybridized carbons (Fsp3) is 0.273. The van der Waals surface area contributed by atoms with E-state index in [0.29, 0.717) is 0 Å². The third-order valence-electron chi connectivity index (χ3n) is 2.19. The summed E-state index contributed by atoms with van der Waals surface area (Å²) in [6, 6.07) is 9.15. The summed E-state index contributed by atoms with van der Waals surface area (Å²) in [5.41, 5.74) is 0.850. The summed E-state index contributed by atoms with van der Waals surface area (Å²) >= 11 is 0. The first-order chi connectivity index (χ1) is 7.68. The van der Waals surface area contributed by atoms with Crippen molar-refractivity contribution in [2.24, 2.45) is 0 Å². The summed E-state index contributed by atoms with van der Waals surface area (Å²) < 4.78 is 9.56. The zero-order valence-corrected chi connectivity index (χ0v) is 8.33. The Morgan fingerprint density at radius 2 is 1.94 bits per heavy atom. The molecule has 1 heterocycles. The van der Waals surface area contributed by atoms with E-state index in [1.165, 1.54) is 0 Å². The molecule has 0 spiro atoms. The highest BCUT2D eigenvalue weighted by atomic mass is 16.7.